The summed E-state index contributed by atoms with van der Waals surface area (Å²) >= 11 is 0. The van der Waals surface area contributed by atoms with Crippen molar-refractivity contribution in [2.75, 3.05) is 23.8 Å². The van der Waals surface area contributed by atoms with Crippen LogP contribution in [0.4, 0.5) is 11.4 Å². The first-order valence-electron chi connectivity index (χ1n) is 6.10. The summed E-state index contributed by atoms with van der Waals surface area (Å²) < 4.78 is 0. The second-order valence-corrected chi connectivity index (χ2v) is 4.87. The van der Waals surface area contributed by atoms with Crippen LogP contribution < -0.4 is 10.2 Å². The highest BCUT2D eigenvalue weighted by atomic mass is 15.2. The molecule has 1 aliphatic rings. The molecular weight excluding hydrogens is 198 g/mol. The molecule has 1 aromatic rings. The van der Waals surface area contributed by atoms with Gasteiger partial charge in [-0.3, -0.25) is 4.98 Å². The number of nitrogens with zero attached hydrogens (tertiary/aromatic N) is 2. The SMILES string of the molecule is CNc1cncc(N2CC(C)CCC2C)c1. The Morgan fingerprint density at radius 2 is 2.12 bits per heavy atom. The van der Waals surface area contributed by atoms with Crippen molar-refractivity contribution < 1.29 is 0 Å². The molecule has 0 amide bonds. The van der Waals surface area contributed by atoms with Crippen molar-refractivity contribution in [3.05, 3.63) is 18.5 Å². The van der Waals surface area contributed by atoms with Gasteiger partial charge >= 0.3 is 0 Å². The van der Waals surface area contributed by atoms with Crippen molar-refractivity contribution >= 4 is 11.4 Å². The minimum Gasteiger partial charge on any atom is -0.387 e. The molecule has 3 heteroatoms. The first-order valence-corrected chi connectivity index (χ1v) is 6.10. The molecule has 88 valence electrons. The minimum atomic E-state index is 0.630. The maximum absolute atomic E-state index is 4.29. The van der Waals surface area contributed by atoms with Gasteiger partial charge in [-0.25, -0.2) is 0 Å². The van der Waals surface area contributed by atoms with Crippen LogP contribution in [-0.4, -0.2) is 24.6 Å². The topological polar surface area (TPSA) is 28.2 Å². The minimum absolute atomic E-state index is 0.630. The van der Waals surface area contributed by atoms with E-state index < -0.39 is 0 Å². The average molecular weight is 219 g/mol. The molecule has 2 atom stereocenters. The molecule has 0 radical (unpaired) electrons. The number of nitrogens with one attached hydrogen (secondary N) is 1. The third-order valence-corrected chi connectivity index (χ3v) is 3.46. The number of rotatable bonds is 2. The van der Waals surface area contributed by atoms with Gasteiger partial charge in [0.2, 0.25) is 0 Å². The predicted molar refractivity (Wildman–Crippen MR) is 69.0 cm³/mol. The molecule has 0 spiro atoms. The number of pyridine rings is 1. The summed E-state index contributed by atoms with van der Waals surface area (Å²) in [6.07, 6.45) is 6.46. The molecule has 0 saturated carbocycles. The van der Waals surface area contributed by atoms with E-state index in [-0.39, 0.29) is 0 Å². The molecule has 0 aliphatic carbocycles. The maximum atomic E-state index is 4.29. The highest BCUT2D eigenvalue weighted by Crippen LogP contribution is 2.28. The van der Waals surface area contributed by atoms with Crippen LogP contribution in [0.2, 0.25) is 0 Å². The first kappa shape index (κ1) is 11.2. The first-order chi connectivity index (χ1) is 7.70. The van der Waals surface area contributed by atoms with Crippen LogP contribution in [0.3, 0.4) is 0 Å². The van der Waals surface area contributed by atoms with Gasteiger partial charge in [0, 0.05) is 19.6 Å². The Morgan fingerprint density at radius 3 is 2.88 bits per heavy atom. The Kier molecular flexibility index (Phi) is 3.32. The van der Waals surface area contributed by atoms with E-state index in [1.54, 1.807) is 0 Å². The van der Waals surface area contributed by atoms with E-state index in [0.717, 1.165) is 18.2 Å². The van der Waals surface area contributed by atoms with Crippen molar-refractivity contribution in [2.24, 2.45) is 5.92 Å². The van der Waals surface area contributed by atoms with E-state index in [9.17, 15) is 0 Å². The Labute approximate surface area is 97.9 Å². The average Bonchev–Trinajstić information content (AvgIpc) is 2.32. The lowest BCUT2D eigenvalue weighted by Crippen LogP contribution is -2.41. The van der Waals surface area contributed by atoms with Gasteiger partial charge in [-0.2, -0.15) is 0 Å². The lowest BCUT2D eigenvalue weighted by Gasteiger charge is -2.38. The van der Waals surface area contributed by atoms with Crippen LogP contribution in [-0.2, 0) is 0 Å². The van der Waals surface area contributed by atoms with Gasteiger partial charge in [-0.05, 0) is 31.7 Å². The van der Waals surface area contributed by atoms with Crippen molar-refractivity contribution in [1.82, 2.24) is 4.98 Å². The van der Waals surface area contributed by atoms with Gasteiger partial charge in [0.25, 0.3) is 0 Å². The van der Waals surface area contributed by atoms with Crippen LogP contribution in [0, 0.1) is 5.92 Å². The van der Waals surface area contributed by atoms with E-state index in [1.807, 2.05) is 19.4 Å². The van der Waals surface area contributed by atoms with Crippen molar-refractivity contribution in [3.63, 3.8) is 0 Å². The standard InChI is InChI=1S/C13H21N3/c1-10-4-5-11(2)16(9-10)13-6-12(14-3)7-15-8-13/h6-8,10-11,14H,4-5,9H2,1-3H3. The molecule has 1 fully saturated rings. The van der Waals surface area contributed by atoms with Crippen molar-refractivity contribution in [1.29, 1.82) is 0 Å². The molecule has 2 unspecified atom stereocenters. The molecule has 16 heavy (non-hydrogen) atoms. The summed E-state index contributed by atoms with van der Waals surface area (Å²) in [4.78, 5) is 6.76. The lowest BCUT2D eigenvalue weighted by molar-refractivity contribution is 0.390. The predicted octanol–water partition coefficient (Wildman–Crippen LogP) is 2.75. The summed E-state index contributed by atoms with van der Waals surface area (Å²) in [5.74, 6) is 0.787. The highest BCUT2D eigenvalue weighted by Gasteiger charge is 2.23. The molecule has 0 aromatic carbocycles. The molecule has 3 nitrogen and oxygen atoms in total. The highest BCUT2D eigenvalue weighted by molar-refractivity contribution is 5.56. The van der Waals surface area contributed by atoms with E-state index >= 15 is 0 Å². The summed E-state index contributed by atoms with van der Waals surface area (Å²) in [7, 11) is 1.93. The number of hydrogen-bond donors (Lipinski definition) is 1. The Balaban J connectivity index is 2.20. The summed E-state index contributed by atoms with van der Waals surface area (Å²) in [6, 6.07) is 2.81. The zero-order valence-electron chi connectivity index (χ0n) is 10.4. The zero-order valence-corrected chi connectivity index (χ0v) is 10.4. The van der Waals surface area contributed by atoms with Crippen LogP contribution in [0.5, 0.6) is 0 Å². The van der Waals surface area contributed by atoms with Crippen LogP contribution >= 0.6 is 0 Å². The maximum Gasteiger partial charge on any atom is 0.0575 e. The van der Waals surface area contributed by atoms with Gasteiger partial charge in [-0.15, -0.1) is 0 Å². The van der Waals surface area contributed by atoms with E-state index in [4.69, 9.17) is 0 Å². The van der Waals surface area contributed by atoms with Crippen LogP contribution in [0.25, 0.3) is 0 Å². The van der Waals surface area contributed by atoms with Gasteiger partial charge in [-0.1, -0.05) is 6.92 Å². The molecule has 0 bridgehead atoms. The Hall–Kier alpha value is -1.25. The summed E-state index contributed by atoms with van der Waals surface area (Å²) in [5.41, 5.74) is 2.33. The van der Waals surface area contributed by atoms with E-state index in [1.165, 1.54) is 18.5 Å². The fourth-order valence-electron chi connectivity index (χ4n) is 2.37. The van der Waals surface area contributed by atoms with Gasteiger partial charge < -0.3 is 10.2 Å². The zero-order chi connectivity index (χ0) is 11.5. The number of piperidine rings is 1. The second-order valence-electron chi connectivity index (χ2n) is 4.87. The quantitative estimate of drug-likeness (QED) is 0.829. The smallest absolute Gasteiger partial charge is 0.0575 e. The molecule has 2 heterocycles. The molecule has 1 aliphatic heterocycles. The Morgan fingerprint density at radius 1 is 1.31 bits per heavy atom. The van der Waals surface area contributed by atoms with Crippen LogP contribution in [0.15, 0.2) is 18.5 Å². The summed E-state index contributed by atoms with van der Waals surface area (Å²) in [6.45, 7) is 5.78. The van der Waals surface area contributed by atoms with Crippen molar-refractivity contribution in [3.8, 4) is 0 Å². The summed E-state index contributed by atoms with van der Waals surface area (Å²) in [5, 5.41) is 3.14. The van der Waals surface area contributed by atoms with Gasteiger partial charge in [0.05, 0.1) is 23.8 Å². The molecule has 1 N–H and O–H groups in total. The third-order valence-electron chi connectivity index (χ3n) is 3.46. The normalized spacial score (nSPS) is 25.6. The molecule has 2 rings (SSSR count). The number of aromatic nitrogens is 1. The molecular formula is C13H21N3. The molecule has 1 aromatic heterocycles. The number of hydrogen-bond acceptors (Lipinski definition) is 3. The van der Waals surface area contributed by atoms with Crippen molar-refractivity contribution in [2.45, 2.75) is 32.7 Å². The second kappa shape index (κ2) is 4.73. The van der Waals surface area contributed by atoms with Crippen LogP contribution in [0.1, 0.15) is 26.7 Å². The third kappa shape index (κ3) is 2.29. The molecule has 1 saturated heterocycles. The van der Waals surface area contributed by atoms with Gasteiger partial charge in [0.1, 0.15) is 0 Å². The van der Waals surface area contributed by atoms with E-state index in [2.05, 4.69) is 35.1 Å². The monoisotopic (exact) mass is 219 g/mol. The van der Waals surface area contributed by atoms with E-state index in [0.29, 0.717) is 6.04 Å². The lowest BCUT2D eigenvalue weighted by atomic mass is 9.94. The fraction of sp³-hybridized carbons (Fsp3) is 0.615. The fourth-order valence-corrected chi connectivity index (χ4v) is 2.37. The largest absolute Gasteiger partial charge is 0.387 e. The Bertz CT molecular complexity index is 351. The number of anilines is 2. The van der Waals surface area contributed by atoms with Gasteiger partial charge in [0.15, 0.2) is 0 Å².